The molecule has 0 bridgehead atoms. The Balaban J connectivity index is 2.18. The first-order valence-electron chi connectivity index (χ1n) is 6.19. The second-order valence-corrected chi connectivity index (χ2v) is 4.17. The van der Waals surface area contributed by atoms with Gasteiger partial charge in [-0.1, -0.05) is 24.1 Å². The molecule has 1 atom stereocenters. The van der Waals surface area contributed by atoms with Gasteiger partial charge in [0.25, 0.3) is 0 Å². The molecule has 0 saturated carbocycles. The molecular formula is C14H16N6. The molecule has 0 spiro atoms. The Morgan fingerprint density at radius 1 is 1.25 bits per heavy atom. The number of benzene rings is 1. The van der Waals surface area contributed by atoms with Crippen molar-refractivity contribution in [1.29, 1.82) is 0 Å². The van der Waals surface area contributed by atoms with Crippen LogP contribution in [0.4, 0.5) is 17.6 Å². The van der Waals surface area contributed by atoms with E-state index in [0.717, 1.165) is 5.69 Å². The molecule has 2 rings (SSSR count). The fourth-order valence-corrected chi connectivity index (χ4v) is 1.61. The molecule has 2 aromatic rings. The van der Waals surface area contributed by atoms with Crippen molar-refractivity contribution in [2.75, 3.05) is 17.6 Å². The molecule has 4 N–H and O–H groups in total. The molecule has 102 valence electrons. The van der Waals surface area contributed by atoms with Crippen molar-refractivity contribution in [1.82, 2.24) is 20.3 Å². The van der Waals surface area contributed by atoms with Crippen LogP contribution in [-0.4, -0.2) is 21.5 Å². The Labute approximate surface area is 117 Å². The smallest absolute Gasteiger partial charge is 0.232 e. The number of nitrogens with zero attached hydrogens (tertiary/aromatic N) is 3. The molecule has 0 radical (unpaired) electrons. The maximum Gasteiger partial charge on any atom is 0.232 e. The molecule has 0 aliphatic rings. The van der Waals surface area contributed by atoms with Crippen molar-refractivity contribution >= 4 is 17.6 Å². The first-order valence-corrected chi connectivity index (χ1v) is 6.19. The van der Waals surface area contributed by atoms with Crippen molar-refractivity contribution in [2.45, 2.75) is 13.0 Å². The van der Waals surface area contributed by atoms with E-state index in [2.05, 4.69) is 31.5 Å². The third kappa shape index (κ3) is 3.67. The van der Waals surface area contributed by atoms with E-state index in [1.807, 2.05) is 37.3 Å². The number of hydrogen-bond donors (Lipinski definition) is 3. The molecule has 20 heavy (non-hydrogen) atoms. The minimum Gasteiger partial charge on any atom is -0.368 e. The van der Waals surface area contributed by atoms with Crippen LogP contribution in [-0.2, 0) is 0 Å². The lowest BCUT2D eigenvalue weighted by molar-refractivity contribution is 0.586. The third-order valence-electron chi connectivity index (χ3n) is 2.60. The standard InChI is InChI=1S/C14H16N6/c1-3-9-16-10(2)12-18-13(15)20-14(19-12)17-11-7-5-4-6-8-11/h1,4-8,10,16H,9H2,2H3,(H3,15,17,18,19,20). The number of anilines is 3. The van der Waals surface area contributed by atoms with Gasteiger partial charge in [0.2, 0.25) is 11.9 Å². The van der Waals surface area contributed by atoms with Crippen LogP contribution in [0.1, 0.15) is 18.8 Å². The van der Waals surface area contributed by atoms with Crippen LogP contribution in [0, 0.1) is 12.3 Å². The number of terminal acetylenes is 1. The second-order valence-electron chi connectivity index (χ2n) is 4.17. The number of aromatic nitrogens is 3. The molecule has 0 saturated heterocycles. The average Bonchev–Trinajstić information content (AvgIpc) is 2.45. The van der Waals surface area contributed by atoms with E-state index in [-0.39, 0.29) is 12.0 Å². The summed E-state index contributed by atoms with van der Waals surface area (Å²) < 4.78 is 0. The molecule has 1 unspecified atom stereocenters. The minimum atomic E-state index is -0.104. The Kier molecular flexibility index (Phi) is 4.47. The van der Waals surface area contributed by atoms with Crippen molar-refractivity contribution in [2.24, 2.45) is 0 Å². The zero-order valence-electron chi connectivity index (χ0n) is 11.2. The number of hydrogen-bond acceptors (Lipinski definition) is 6. The summed E-state index contributed by atoms with van der Waals surface area (Å²) in [6.07, 6.45) is 5.21. The molecule has 1 aromatic heterocycles. The summed E-state index contributed by atoms with van der Waals surface area (Å²) in [5, 5.41) is 6.18. The predicted molar refractivity (Wildman–Crippen MR) is 79.2 cm³/mol. The normalized spacial score (nSPS) is 11.6. The maximum atomic E-state index is 5.71. The van der Waals surface area contributed by atoms with E-state index in [9.17, 15) is 0 Å². The average molecular weight is 268 g/mol. The zero-order chi connectivity index (χ0) is 14.4. The van der Waals surface area contributed by atoms with Gasteiger partial charge in [0, 0.05) is 5.69 Å². The lowest BCUT2D eigenvalue weighted by atomic mass is 10.3. The SMILES string of the molecule is C#CCNC(C)c1nc(N)nc(Nc2ccccc2)n1. The highest BCUT2D eigenvalue weighted by Crippen LogP contribution is 2.15. The van der Waals surface area contributed by atoms with Crippen LogP contribution in [0.15, 0.2) is 30.3 Å². The van der Waals surface area contributed by atoms with E-state index in [0.29, 0.717) is 18.3 Å². The lowest BCUT2D eigenvalue weighted by Crippen LogP contribution is -2.22. The number of para-hydroxylation sites is 1. The third-order valence-corrected chi connectivity index (χ3v) is 2.60. The monoisotopic (exact) mass is 268 g/mol. The van der Waals surface area contributed by atoms with Gasteiger partial charge in [-0.05, 0) is 19.1 Å². The lowest BCUT2D eigenvalue weighted by Gasteiger charge is -2.12. The van der Waals surface area contributed by atoms with Gasteiger partial charge in [0.05, 0.1) is 12.6 Å². The van der Waals surface area contributed by atoms with Crippen molar-refractivity contribution < 1.29 is 0 Å². The highest BCUT2D eigenvalue weighted by Gasteiger charge is 2.11. The van der Waals surface area contributed by atoms with Gasteiger partial charge in [0.15, 0.2) is 5.82 Å². The summed E-state index contributed by atoms with van der Waals surface area (Å²) in [5.41, 5.74) is 6.59. The van der Waals surface area contributed by atoms with Crippen molar-refractivity contribution in [3.8, 4) is 12.3 Å². The number of rotatable bonds is 5. The van der Waals surface area contributed by atoms with Gasteiger partial charge < -0.3 is 11.1 Å². The van der Waals surface area contributed by atoms with Gasteiger partial charge in [-0.15, -0.1) is 6.42 Å². The van der Waals surface area contributed by atoms with E-state index >= 15 is 0 Å². The van der Waals surface area contributed by atoms with Crippen LogP contribution >= 0.6 is 0 Å². The van der Waals surface area contributed by atoms with Crippen LogP contribution in [0.5, 0.6) is 0 Å². The quantitative estimate of drug-likeness (QED) is 0.712. The summed E-state index contributed by atoms with van der Waals surface area (Å²) in [6.45, 7) is 2.35. The van der Waals surface area contributed by atoms with Crippen LogP contribution in [0.25, 0.3) is 0 Å². The highest BCUT2D eigenvalue weighted by molar-refractivity contribution is 5.53. The molecule has 0 aliphatic heterocycles. The Hall–Kier alpha value is -2.65. The van der Waals surface area contributed by atoms with Crippen LogP contribution < -0.4 is 16.4 Å². The van der Waals surface area contributed by atoms with Gasteiger partial charge in [-0.2, -0.15) is 15.0 Å². The zero-order valence-corrected chi connectivity index (χ0v) is 11.2. The number of nitrogens with two attached hydrogens (primary N) is 1. The highest BCUT2D eigenvalue weighted by atomic mass is 15.2. The summed E-state index contributed by atoms with van der Waals surface area (Å²) in [4.78, 5) is 12.5. The Morgan fingerprint density at radius 2 is 2.00 bits per heavy atom. The minimum absolute atomic E-state index is 0.104. The van der Waals surface area contributed by atoms with E-state index < -0.39 is 0 Å². The molecule has 0 aliphatic carbocycles. The molecule has 0 amide bonds. The number of nitrogens with one attached hydrogen (secondary N) is 2. The topological polar surface area (TPSA) is 88.8 Å². The fraction of sp³-hybridized carbons (Fsp3) is 0.214. The van der Waals surface area contributed by atoms with Gasteiger partial charge in [-0.25, -0.2) is 0 Å². The van der Waals surface area contributed by atoms with E-state index in [4.69, 9.17) is 12.2 Å². The second kappa shape index (κ2) is 6.50. The van der Waals surface area contributed by atoms with Crippen LogP contribution in [0.2, 0.25) is 0 Å². The first kappa shape index (κ1) is 13.8. The summed E-state index contributed by atoms with van der Waals surface area (Å²) >= 11 is 0. The van der Waals surface area contributed by atoms with Crippen LogP contribution in [0.3, 0.4) is 0 Å². The molecule has 1 heterocycles. The van der Waals surface area contributed by atoms with Crippen molar-refractivity contribution in [3.05, 3.63) is 36.2 Å². The van der Waals surface area contributed by atoms with Crippen molar-refractivity contribution in [3.63, 3.8) is 0 Å². The molecule has 6 nitrogen and oxygen atoms in total. The maximum absolute atomic E-state index is 5.71. The molecule has 1 aromatic carbocycles. The van der Waals surface area contributed by atoms with Gasteiger partial charge >= 0.3 is 0 Å². The van der Waals surface area contributed by atoms with Gasteiger partial charge in [-0.3, -0.25) is 5.32 Å². The predicted octanol–water partition coefficient (Wildman–Crippen LogP) is 1.48. The molecule has 0 fully saturated rings. The van der Waals surface area contributed by atoms with Gasteiger partial charge in [0.1, 0.15) is 0 Å². The fourth-order valence-electron chi connectivity index (χ4n) is 1.61. The summed E-state index contributed by atoms with van der Waals surface area (Å²) in [7, 11) is 0. The molecular weight excluding hydrogens is 252 g/mol. The Bertz CT molecular complexity index is 605. The van der Waals surface area contributed by atoms with E-state index in [1.54, 1.807) is 0 Å². The summed E-state index contributed by atoms with van der Waals surface area (Å²) in [6, 6.07) is 9.51. The number of nitrogen functional groups attached to an aromatic ring is 1. The first-order chi connectivity index (χ1) is 9.69. The largest absolute Gasteiger partial charge is 0.368 e. The Morgan fingerprint density at radius 3 is 2.70 bits per heavy atom. The van der Waals surface area contributed by atoms with E-state index in [1.165, 1.54) is 0 Å². The summed E-state index contributed by atoms with van der Waals surface area (Å²) in [5.74, 6) is 3.64. The molecule has 6 heteroatoms.